The topological polar surface area (TPSA) is 44.8 Å². The highest BCUT2D eigenvalue weighted by atomic mass is 35.5. The van der Waals surface area contributed by atoms with Gasteiger partial charge in [-0.1, -0.05) is 55.5 Å². The maximum Gasteiger partial charge on any atom is 0.407 e. The first-order chi connectivity index (χ1) is 14.5. The third-order valence-corrected chi connectivity index (χ3v) is 6.61. The standard InChI is InChI=1S/C12H16Cl2N2.C10H18ClNO2/c1-2-15-6-8-16(9-7-15)11-5-3-4-10(13)12(11)14;11-7-4-8-14-10(13)12-9-5-2-1-3-6-9/h3-5H,2,6-9H2,1H3;9H,1-8H2,(H,12,13). The molecule has 0 spiro atoms. The number of nitrogens with zero attached hydrogens (tertiary/aromatic N) is 2. The minimum absolute atomic E-state index is 0.290. The van der Waals surface area contributed by atoms with Crippen molar-refractivity contribution in [3.63, 3.8) is 0 Å². The van der Waals surface area contributed by atoms with Gasteiger partial charge in [0.1, 0.15) is 0 Å². The molecule has 1 heterocycles. The molecule has 0 unspecified atom stereocenters. The molecule has 1 aliphatic carbocycles. The van der Waals surface area contributed by atoms with E-state index in [1.807, 2.05) is 18.2 Å². The van der Waals surface area contributed by atoms with Gasteiger partial charge >= 0.3 is 6.09 Å². The Kier molecular flexibility index (Phi) is 12.0. The van der Waals surface area contributed by atoms with Crippen LogP contribution < -0.4 is 10.2 Å². The first-order valence-electron chi connectivity index (χ1n) is 11.0. The number of ether oxygens (including phenoxy) is 1. The number of hydrogen-bond donors (Lipinski definition) is 1. The van der Waals surface area contributed by atoms with Crippen LogP contribution in [-0.2, 0) is 4.74 Å². The van der Waals surface area contributed by atoms with E-state index < -0.39 is 0 Å². The zero-order chi connectivity index (χ0) is 21.8. The fourth-order valence-electron chi connectivity index (χ4n) is 3.72. The Hall–Kier alpha value is -0.880. The lowest BCUT2D eigenvalue weighted by atomic mass is 9.96. The van der Waals surface area contributed by atoms with Crippen molar-refractivity contribution in [1.82, 2.24) is 10.2 Å². The lowest BCUT2D eigenvalue weighted by Gasteiger charge is -2.36. The predicted octanol–water partition coefficient (Wildman–Crippen LogP) is 5.81. The summed E-state index contributed by atoms with van der Waals surface area (Å²) in [5, 5.41) is 4.18. The first kappa shape index (κ1) is 25.4. The minimum Gasteiger partial charge on any atom is -0.450 e. The van der Waals surface area contributed by atoms with Gasteiger partial charge in [-0.15, -0.1) is 11.6 Å². The number of carbonyl (C=O) groups is 1. The van der Waals surface area contributed by atoms with E-state index >= 15 is 0 Å². The van der Waals surface area contributed by atoms with Crippen LogP contribution in [0.25, 0.3) is 0 Å². The van der Waals surface area contributed by atoms with E-state index in [2.05, 4.69) is 22.0 Å². The SMILES string of the molecule is CCN1CCN(c2cccc(Cl)c2Cl)CC1.O=C(NC1CCCCC1)OCCCCl. The Bertz CT molecular complexity index is 634. The molecule has 1 saturated heterocycles. The van der Waals surface area contributed by atoms with Gasteiger partial charge in [0.05, 0.1) is 22.3 Å². The van der Waals surface area contributed by atoms with Gasteiger partial charge in [0.25, 0.3) is 0 Å². The third kappa shape index (κ3) is 8.70. The monoisotopic (exact) mass is 477 g/mol. The summed E-state index contributed by atoms with van der Waals surface area (Å²) in [5.41, 5.74) is 1.06. The second-order valence-corrected chi connectivity index (χ2v) is 8.82. The molecule has 1 aliphatic heterocycles. The molecule has 1 amide bonds. The zero-order valence-corrected chi connectivity index (χ0v) is 20.1. The molecule has 2 fully saturated rings. The van der Waals surface area contributed by atoms with Gasteiger partial charge in [0, 0.05) is 38.1 Å². The molecule has 0 atom stereocenters. The molecule has 170 valence electrons. The maximum atomic E-state index is 11.2. The second kappa shape index (κ2) is 14.2. The number of rotatable bonds is 6. The molecule has 5 nitrogen and oxygen atoms in total. The lowest BCUT2D eigenvalue weighted by Crippen LogP contribution is -2.46. The lowest BCUT2D eigenvalue weighted by molar-refractivity contribution is 0.139. The highest BCUT2D eigenvalue weighted by Gasteiger charge is 2.18. The fourth-order valence-corrected chi connectivity index (χ4v) is 4.24. The molecule has 1 N–H and O–H groups in total. The quantitative estimate of drug-likeness (QED) is 0.414. The summed E-state index contributed by atoms with van der Waals surface area (Å²) in [6.45, 7) is 7.97. The van der Waals surface area contributed by atoms with Gasteiger partial charge in [0.15, 0.2) is 0 Å². The highest BCUT2D eigenvalue weighted by Crippen LogP contribution is 2.32. The summed E-state index contributed by atoms with van der Waals surface area (Å²) in [7, 11) is 0. The Morgan fingerprint density at radius 3 is 2.47 bits per heavy atom. The highest BCUT2D eigenvalue weighted by molar-refractivity contribution is 6.43. The van der Waals surface area contributed by atoms with Crippen molar-refractivity contribution >= 4 is 46.6 Å². The van der Waals surface area contributed by atoms with Crippen LogP contribution in [0.5, 0.6) is 0 Å². The molecule has 1 saturated carbocycles. The largest absolute Gasteiger partial charge is 0.450 e. The Morgan fingerprint density at radius 1 is 1.13 bits per heavy atom. The van der Waals surface area contributed by atoms with Gasteiger partial charge in [-0.25, -0.2) is 4.79 Å². The summed E-state index contributed by atoms with van der Waals surface area (Å²) >= 11 is 17.7. The average molecular weight is 479 g/mol. The van der Waals surface area contributed by atoms with Crippen molar-refractivity contribution in [2.75, 3.05) is 50.1 Å². The number of alkyl carbamates (subject to hydrolysis) is 1. The summed E-state index contributed by atoms with van der Waals surface area (Å²) in [4.78, 5) is 16.0. The van der Waals surface area contributed by atoms with E-state index in [9.17, 15) is 4.79 Å². The molecule has 30 heavy (non-hydrogen) atoms. The molecular formula is C22H34Cl3N3O2. The maximum absolute atomic E-state index is 11.2. The van der Waals surface area contributed by atoms with Crippen molar-refractivity contribution in [3.8, 4) is 0 Å². The van der Waals surface area contributed by atoms with Crippen LogP contribution in [0.2, 0.25) is 10.0 Å². The van der Waals surface area contributed by atoms with Crippen LogP contribution in [0.1, 0.15) is 45.4 Å². The normalized spacial score (nSPS) is 17.8. The Labute approximate surface area is 196 Å². The predicted molar refractivity (Wildman–Crippen MR) is 127 cm³/mol. The van der Waals surface area contributed by atoms with Crippen molar-refractivity contribution < 1.29 is 9.53 Å². The average Bonchev–Trinajstić information content (AvgIpc) is 2.77. The van der Waals surface area contributed by atoms with Crippen LogP contribution in [0.15, 0.2) is 18.2 Å². The number of anilines is 1. The van der Waals surface area contributed by atoms with Crippen molar-refractivity contribution in [2.45, 2.75) is 51.5 Å². The molecule has 0 radical (unpaired) electrons. The van der Waals surface area contributed by atoms with Gasteiger partial charge in [-0.2, -0.15) is 0 Å². The third-order valence-electron chi connectivity index (χ3n) is 5.53. The molecule has 2 aliphatic rings. The Balaban J connectivity index is 0.000000216. The van der Waals surface area contributed by atoms with Crippen LogP contribution in [-0.4, -0.2) is 62.2 Å². The second-order valence-electron chi connectivity index (χ2n) is 7.65. The number of likely N-dealkylation sites (N-methyl/N-ethyl adjacent to an activating group) is 1. The van der Waals surface area contributed by atoms with E-state index in [1.165, 1.54) is 19.3 Å². The van der Waals surface area contributed by atoms with Gasteiger partial charge in [-0.3, -0.25) is 0 Å². The van der Waals surface area contributed by atoms with Crippen LogP contribution in [0, 0.1) is 0 Å². The van der Waals surface area contributed by atoms with E-state index in [1.54, 1.807) is 0 Å². The molecule has 8 heteroatoms. The van der Waals surface area contributed by atoms with E-state index in [-0.39, 0.29) is 6.09 Å². The molecule has 1 aromatic carbocycles. The molecule has 1 aromatic rings. The van der Waals surface area contributed by atoms with Crippen molar-refractivity contribution in [2.24, 2.45) is 0 Å². The first-order valence-corrected chi connectivity index (χ1v) is 12.2. The molecule has 3 rings (SSSR count). The minimum atomic E-state index is -0.290. The molecule has 0 bridgehead atoms. The number of halogens is 3. The van der Waals surface area contributed by atoms with Crippen LogP contribution in [0.3, 0.4) is 0 Å². The van der Waals surface area contributed by atoms with Gasteiger partial charge in [0.2, 0.25) is 0 Å². The van der Waals surface area contributed by atoms with E-state index in [4.69, 9.17) is 39.5 Å². The number of benzene rings is 1. The summed E-state index contributed by atoms with van der Waals surface area (Å²) in [5.74, 6) is 0.538. The van der Waals surface area contributed by atoms with E-state index in [0.29, 0.717) is 28.6 Å². The summed E-state index contributed by atoms with van der Waals surface area (Å²) in [6.07, 6.45) is 6.33. The van der Waals surface area contributed by atoms with Gasteiger partial charge < -0.3 is 19.9 Å². The molecule has 0 aromatic heterocycles. The number of hydrogen-bond acceptors (Lipinski definition) is 4. The number of carbonyl (C=O) groups excluding carboxylic acids is 1. The molecular weight excluding hydrogens is 445 g/mol. The Morgan fingerprint density at radius 2 is 1.83 bits per heavy atom. The fraction of sp³-hybridized carbons (Fsp3) is 0.682. The van der Waals surface area contributed by atoms with Crippen LogP contribution >= 0.6 is 34.8 Å². The number of piperazine rings is 1. The number of nitrogens with one attached hydrogen (secondary N) is 1. The number of amides is 1. The number of alkyl halides is 1. The van der Waals surface area contributed by atoms with E-state index in [0.717, 1.165) is 57.7 Å². The summed E-state index contributed by atoms with van der Waals surface area (Å²) < 4.78 is 4.95. The van der Waals surface area contributed by atoms with Crippen molar-refractivity contribution in [1.29, 1.82) is 0 Å². The smallest absolute Gasteiger partial charge is 0.407 e. The van der Waals surface area contributed by atoms with Crippen molar-refractivity contribution in [3.05, 3.63) is 28.2 Å². The zero-order valence-electron chi connectivity index (χ0n) is 17.8. The van der Waals surface area contributed by atoms with Gasteiger partial charge in [-0.05, 0) is 37.9 Å². The summed E-state index contributed by atoms with van der Waals surface area (Å²) in [6, 6.07) is 6.15. The van der Waals surface area contributed by atoms with Crippen LogP contribution in [0.4, 0.5) is 10.5 Å².